The van der Waals surface area contributed by atoms with Crippen molar-refractivity contribution in [1.82, 2.24) is 31.2 Å². The van der Waals surface area contributed by atoms with Gasteiger partial charge < -0.3 is 21.3 Å². The quantitative estimate of drug-likeness (QED) is 0.531. The Morgan fingerprint density at radius 1 is 1.15 bits per heavy atom. The van der Waals surface area contributed by atoms with Gasteiger partial charge in [0, 0.05) is 35.8 Å². The molecule has 2 aromatic rings. The third kappa shape index (κ3) is 3.85. The average molecular weight is 478 g/mol. The second-order valence-electron chi connectivity index (χ2n) is 9.06. The van der Waals surface area contributed by atoms with Crippen LogP contribution in [0.25, 0.3) is 11.3 Å². The lowest BCUT2D eigenvalue weighted by Gasteiger charge is -2.45. The summed E-state index contributed by atoms with van der Waals surface area (Å²) in [7, 11) is 0. The van der Waals surface area contributed by atoms with Gasteiger partial charge in [0.1, 0.15) is 12.1 Å². The van der Waals surface area contributed by atoms with Gasteiger partial charge in [-0.2, -0.15) is 0 Å². The molecule has 3 saturated heterocycles. The highest BCUT2D eigenvalue weighted by atomic mass is 32.2. The molecule has 4 aliphatic heterocycles. The second kappa shape index (κ2) is 9.01. The lowest BCUT2D eigenvalue weighted by Crippen LogP contribution is -2.62. The molecule has 3 fully saturated rings. The summed E-state index contributed by atoms with van der Waals surface area (Å²) in [4.78, 5) is 37.8. The van der Waals surface area contributed by atoms with E-state index in [2.05, 4.69) is 31.2 Å². The maximum atomic E-state index is 13.4. The molecule has 0 bridgehead atoms. The zero-order chi connectivity index (χ0) is 23.1. The smallest absolute Gasteiger partial charge is 0.327 e. The fourth-order valence-electron chi connectivity index (χ4n) is 5.36. The van der Waals surface area contributed by atoms with Gasteiger partial charge in [-0.15, -0.1) is 0 Å². The first-order chi connectivity index (χ1) is 16.7. The van der Waals surface area contributed by atoms with Crippen molar-refractivity contribution in [2.45, 2.75) is 36.7 Å². The third-order valence-corrected chi connectivity index (χ3v) is 8.30. The van der Waals surface area contributed by atoms with E-state index in [1.165, 1.54) is 18.1 Å². The minimum Gasteiger partial charge on any atom is -0.348 e. The van der Waals surface area contributed by atoms with Crippen LogP contribution in [0.15, 0.2) is 53.3 Å². The van der Waals surface area contributed by atoms with Gasteiger partial charge in [-0.05, 0) is 32.4 Å². The molecular weight excluding hydrogens is 450 g/mol. The normalized spacial score (nSPS) is 28.4. The predicted molar refractivity (Wildman–Crippen MR) is 131 cm³/mol. The Balaban J connectivity index is 1.30. The molecule has 10 heteroatoms. The van der Waals surface area contributed by atoms with Gasteiger partial charge in [0.2, 0.25) is 0 Å². The zero-order valence-corrected chi connectivity index (χ0v) is 19.5. The van der Waals surface area contributed by atoms with Crippen LogP contribution in [-0.2, 0) is 4.79 Å². The Labute approximate surface area is 202 Å². The van der Waals surface area contributed by atoms with Gasteiger partial charge in [-0.25, -0.2) is 14.8 Å². The number of benzene rings is 1. The first-order valence-corrected chi connectivity index (χ1v) is 12.7. The van der Waals surface area contributed by atoms with E-state index in [-0.39, 0.29) is 35.3 Å². The Hall–Kier alpha value is -2.95. The average Bonchev–Trinajstić information content (AvgIpc) is 3.25. The number of nitrogens with zero attached hydrogens (tertiary/aromatic N) is 3. The van der Waals surface area contributed by atoms with Crippen LogP contribution in [-0.4, -0.2) is 59.0 Å². The van der Waals surface area contributed by atoms with Crippen LogP contribution in [0.2, 0.25) is 0 Å². The van der Waals surface area contributed by atoms with Gasteiger partial charge in [-0.1, -0.05) is 42.1 Å². The van der Waals surface area contributed by atoms with Crippen LogP contribution in [0.4, 0.5) is 10.6 Å². The van der Waals surface area contributed by atoms with Crippen molar-refractivity contribution >= 4 is 29.5 Å². The number of anilines is 1. The number of piperidine rings is 2. The molecule has 4 N–H and O–H groups in total. The summed E-state index contributed by atoms with van der Waals surface area (Å²) in [6, 6.07) is 11.5. The number of thioether (sulfide) groups is 1. The first-order valence-electron chi connectivity index (χ1n) is 11.8. The maximum absolute atomic E-state index is 13.4. The number of amides is 3. The number of urea groups is 1. The summed E-state index contributed by atoms with van der Waals surface area (Å²) in [5.41, 5.74) is 2.49. The number of carbonyl (C=O) groups excluding carboxylic acids is 2. The van der Waals surface area contributed by atoms with E-state index in [0.29, 0.717) is 10.7 Å². The topological polar surface area (TPSA) is 111 Å². The van der Waals surface area contributed by atoms with Gasteiger partial charge in [0.25, 0.3) is 5.91 Å². The third-order valence-electron chi connectivity index (χ3n) is 6.95. The Kier molecular flexibility index (Phi) is 5.72. The summed E-state index contributed by atoms with van der Waals surface area (Å²) < 4.78 is 0. The Bertz CT molecular complexity index is 1140. The number of hydrogen-bond donors (Lipinski definition) is 4. The molecule has 1 aromatic carbocycles. The zero-order valence-electron chi connectivity index (χ0n) is 18.7. The summed E-state index contributed by atoms with van der Waals surface area (Å²) in [5, 5.41) is 13.1. The molecule has 176 valence electrons. The largest absolute Gasteiger partial charge is 0.348 e. The van der Waals surface area contributed by atoms with E-state index in [9.17, 15) is 9.59 Å². The highest BCUT2D eigenvalue weighted by molar-refractivity contribution is 8.04. The molecule has 4 unspecified atom stereocenters. The fourth-order valence-corrected chi connectivity index (χ4v) is 6.76. The van der Waals surface area contributed by atoms with E-state index in [4.69, 9.17) is 0 Å². The van der Waals surface area contributed by atoms with Crippen molar-refractivity contribution in [3.05, 3.63) is 53.3 Å². The molecule has 5 heterocycles. The van der Waals surface area contributed by atoms with Gasteiger partial charge in [-0.3, -0.25) is 9.69 Å². The summed E-state index contributed by atoms with van der Waals surface area (Å²) in [6.45, 7) is 2.55. The van der Waals surface area contributed by atoms with Gasteiger partial charge in [0.05, 0.1) is 22.0 Å². The molecule has 34 heavy (non-hydrogen) atoms. The second-order valence-corrected chi connectivity index (χ2v) is 10.2. The van der Waals surface area contributed by atoms with Crippen molar-refractivity contribution in [2.24, 2.45) is 5.92 Å². The lowest BCUT2D eigenvalue weighted by molar-refractivity contribution is -0.117. The molecule has 6 rings (SSSR count). The van der Waals surface area contributed by atoms with E-state index in [1.807, 2.05) is 36.4 Å². The SMILES string of the molecule is O=C(NC1CCCNC1)C1=C2NC(=O)N(c3cc(-c4ccccc4)ncn3)C3CCNC(S1)C23. The number of hydrogen-bond acceptors (Lipinski definition) is 7. The molecule has 9 nitrogen and oxygen atoms in total. The highest BCUT2D eigenvalue weighted by Crippen LogP contribution is 2.47. The minimum absolute atomic E-state index is 0.00294. The fraction of sp³-hybridized carbons (Fsp3) is 0.417. The summed E-state index contributed by atoms with van der Waals surface area (Å²) in [5.74, 6) is 0.481. The molecule has 0 saturated carbocycles. The summed E-state index contributed by atoms with van der Waals surface area (Å²) in [6.07, 6.45) is 4.31. The van der Waals surface area contributed by atoms with Crippen molar-refractivity contribution in [2.75, 3.05) is 24.5 Å². The van der Waals surface area contributed by atoms with Crippen LogP contribution < -0.4 is 26.2 Å². The van der Waals surface area contributed by atoms with Crippen molar-refractivity contribution < 1.29 is 9.59 Å². The molecule has 0 aliphatic carbocycles. The van der Waals surface area contributed by atoms with Crippen molar-refractivity contribution in [3.63, 3.8) is 0 Å². The number of rotatable bonds is 4. The molecule has 0 spiro atoms. The Morgan fingerprint density at radius 2 is 2.03 bits per heavy atom. The van der Waals surface area contributed by atoms with Gasteiger partial charge >= 0.3 is 6.03 Å². The van der Waals surface area contributed by atoms with E-state index in [1.54, 1.807) is 4.90 Å². The number of carbonyl (C=O) groups is 2. The van der Waals surface area contributed by atoms with Gasteiger partial charge in [0.15, 0.2) is 0 Å². The van der Waals surface area contributed by atoms with Crippen LogP contribution in [0, 0.1) is 5.92 Å². The first kappa shape index (κ1) is 21.6. The van der Waals surface area contributed by atoms with Crippen LogP contribution >= 0.6 is 11.8 Å². The van der Waals surface area contributed by atoms with Crippen LogP contribution in [0.5, 0.6) is 0 Å². The maximum Gasteiger partial charge on any atom is 0.327 e. The molecule has 3 amide bonds. The van der Waals surface area contributed by atoms with E-state index in [0.717, 1.165) is 55.9 Å². The van der Waals surface area contributed by atoms with Crippen molar-refractivity contribution in [1.29, 1.82) is 0 Å². The highest BCUT2D eigenvalue weighted by Gasteiger charge is 2.52. The summed E-state index contributed by atoms with van der Waals surface area (Å²) >= 11 is 1.53. The number of nitrogens with one attached hydrogen (secondary N) is 4. The minimum atomic E-state index is -0.248. The van der Waals surface area contributed by atoms with E-state index < -0.39 is 0 Å². The number of aromatic nitrogens is 2. The van der Waals surface area contributed by atoms with Crippen LogP contribution in [0.1, 0.15) is 19.3 Å². The molecular formula is C24H27N7O2S. The van der Waals surface area contributed by atoms with Crippen molar-refractivity contribution in [3.8, 4) is 11.3 Å². The molecule has 4 atom stereocenters. The van der Waals surface area contributed by atoms with E-state index >= 15 is 0 Å². The molecule has 0 radical (unpaired) electrons. The lowest BCUT2D eigenvalue weighted by atomic mass is 9.86. The molecule has 4 aliphatic rings. The molecule has 1 aromatic heterocycles. The predicted octanol–water partition coefficient (Wildman–Crippen LogP) is 1.80. The monoisotopic (exact) mass is 477 g/mol. The van der Waals surface area contributed by atoms with Crippen LogP contribution in [0.3, 0.4) is 0 Å². The standard InChI is InChI=1S/C24H27N7O2S/c32-22(29-15-7-4-9-25-12-15)21-20-19-17(8-10-26-23(19)34-21)31(24(33)30-20)18-11-16(27-13-28-18)14-5-2-1-3-6-14/h1-3,5-6,11,13,15,17,19,23,25-26H,4,7-10,12H2,(H,29,32)(H,30,33). The Morgan fingerprint density at radius 3 is 2.85 bits per heavy atom.